The largest absolute Gasteiger partial charge is 0.497 e. The van der Waals surface area contributed by atoms with Crippen molar-refractivity contribution in [2.45, 2.75) is 6.10 Å². The van der Waals surface area contributed by atoms with Crippen LogP contribution in [0.4, 0.5) is 10.5 Å². The number of hydrogen-bond acceptors (Lipinski definition) is 4. The lowest BCUT2D eigenvalue weighted by molar-refractivity contribution is 0.170. The first-order valence-corrected chi connectivity index (χ1v) is 7.14. The number of methoxy groups -OCH3 is 2. The minimum absolute atomic E-state index is 0.0438. The molecular formula is C17H20N2O4. The van der Waals surface area contributed by atoms with Gasteiger partial charge in [-0.3, -0.25) is 0 Å². The summed E-state index contributed by atoms with van der Waals surface area (Å²) in [5.41, 5.74) is 1.23. The Morgan fingerprint density at radius 1 is 1.13 bits per heavy atom. The molecule has 2 rings (SSSR count). The van der Waals surface area contributed by atoms with Gasteiger partial charge in [-0.15, -0.1) is 0 Å². The van der Waals surface area contributed by atoms with E-state index in [1.807, 2.05) is 18.2 Å². The van der Waals surface area contributed by atoms with Crippen LogP contribution in [0.1, 0.15) is 11.7 Å². The molecular weight excluding hydrogens is 296 g/mol. The number of para-hydroxylation sites is 1. The first kappa shape index (κ1) is 16.6. The summed E-state index contributed by atoms with van der Waals surface area (Å²) < 4.78 is 10.4. The summed E-state index contributed by atoms with van der Waals surface area (Å²) in [5, 5.41) is 15.6. The molecule has 3 N–H and O–H groups in total. The zero-order valence-electron chi connectivity index (χ0n) is 13.1. The van der Waals surface area contributed by atoms with Crippen molar-refractivity contribution in [3.8, 4) is 11.5 Å². The van der Waals surface area contributed by atoms with E-state index in [1.54, 1.807) is 37.4 Å². The van der Waals surface area contributed by atoms with Crippen molar-refractivity contribution in [1.29, 1.82) is 0 Å². The average molecular weight is 316 g/mol. The second-order valence-electron chi connectivity index (χ2n) is 4.82. The highest BCUT2D eigenvalue weighted by Crippen LogP contribution is 2.29. The molecule has 0 aromatic heterocycles. The third kappa shape index (κ3) is 4.62. The number of urea groups is 1. The molecule has 0 bridgehead atoms. The zero-order valence-corrected chi connectivity index (χ0v) is 13.1. The van der Waals surface area contributed by atoms with E-state index in [2.05, 4.69) is 10.6 Å². The molecule has 0 aliphatic rings. The SMILES string of the molecule is COc1ccc(OC)c(C(O)CNC(=O)Nc2ccccc2)c1. The van der Waals surface area contributed by atoms with Crippen molar-refractivity contribution < 1.29 is 19.4 Å². The Hall–Kier alpha value is -2.73. The summed E-state index contributed by atoms with van der Waals surface area (Å²) in [5.74, 6) is 1.14. The van der Waals surface area contributed by atoms with Crippen LogP contribution in [-0.2, 0) is 0 Å². The van der Waals surface area contributed by atoms with Crippen LogP contribution >= 0.6 is 0 Å². The number of anilines is 1. The maximum absolute atomic E-state index is 11.8. The van der Waals surface area contributed by atoms with Crippen molar-refractivity contribution in [1.82, 2.24) is 5.32 Å². The van der Waals surface area contributed by atoms with Crippen molar-refractivity contribution in [3.63, 3.8) is 0 Å². The second kappa shape index (κ2) is 8.05. The standard InChI is InChI=1S/C17H20N2O4/c1-22-13-8-9-16(23-2)14(10-13)15(20)11-18-17(21)19-12-6-4-3-5-7-12/h3-10,15,20H,11H2,1-2H3,(H2,18,19,21). The van der Waals surface area contributed by atoms with E-state index >= 15 is 0 Å². The summed E-state index contributed by atoms with van der Waals surface area (Å²) in [6.45, 7) is 0.0438. The number of aliphatic hydroxyl groups excluding tert-OH is 1. The lowest BCUT2D eigenvalue weighted by Gasteiger charge is -2.16. The third-order valence-corrected chi connectivity index (χ3v) is 3.28. The van der Waals surface area contributed by atoms with Gasteiger partial charge >= 0.3 is 6.03 Å². The predicted molar refractivity (Wildman–Crippen MR) is 88.0 cm³/mol. The van der Waals surface area contributed by atoms with Gasteiger partial charge in [0.05, 0.1) is 14.2 Å². The average Bonchev–Trinajstić information content (AvgIpc) is 2.60. The summed E-state index contributed by atoms with van der Waals surface area (Å²) in [6, 6.07) is 13.8. The van der Waals surface area contributed by atoms with Crippen LogP contribution in [0.15, 0.2) is 48.5 Å². The molecule has 1 unspecified atom stereocenters. The maximum atomic E-state index is 11.8. The molecule has 0 heterocycles. The number of rotatable bonds is 6. The van der Waals surface area contributed by atoms with Crippen LogP contribution in [-0.4, -0.2) is 31.9 Å². The minimum Gasteiger partial charge on any atom is -0.497 e. The van der Waals surface area contributed by atoms with Gasteiger partial charge in [0.1, 0.15) is 17.6 Å². The first-order chi connectivity index (χ1) is 11.1. The van der Waals surface area contributed by atoms with E-state index in [0.29, 0.717) is 22.7 Å². The molecule has 2 aromatic carbocycles. The lowest BCUT2D eigenvalue weighted by atomic mass is 10.1. The van der Waals surface area contributed by atoms with Gasteiger partial charge in [-0.2, -0.15) is 0 Å². The lowest BCUT2D eigenvalue weighted by Crippen LogP contribution is -2.32. The number of aliphatic hydroxyl groups is 1. The van der Waals surface area contributed by atoms with Gasteiger partial charge in [0.25, 0.3) is 0 Å². The number of carbonyl (C=O) groups is 1. The molecule has 0 saturated carbocycles. The van der Waals surface area contributed by atoms with Crippen LogP contribution in [0.2, 0.25) is 0 Å². The summed E-state index contributed by atoms with van der Waals surface area (Å²) in [6.07, 6.45) is -0.915. The minimum atomic E-state index is -0.915. The topological polar surface area (TPSA) is 79.8 Å². The van der Waals surface area contributed by atoms with Crippen molar-refractivity contribution in [2.75, 3.05) is 26.1 Å². The zero-order chi connectivity index (χ0) is 16.7. The van der Waals surface area contributed by atoms with E-state index in [9.17, 15) is 9.90 Å². The smallest absolute Gasteiger partial charge is 0.319 e. The molecule has 0 fully saturated rings. The molecule has 122 valence electrons. The highest BCUT2D eigenvalue weighted by Gasteiger charge is 2.15. The number of benzene rings is 2. The van der Waals surface area contributed by atoms with Crippen LogP contribution < -0.4 is 20.1 Å². The van der Waals surface area contributed by atoms with E-state index < -0.39 is 12.1 Å². The van der Waals surface area contributed by atoms with E-state index in [0.717, 1.165) is 0 Å². The van der Waals surface area contributed by atoms with Gasteiger partial charge in [0.2, 0.25) is 0 Å². The van der Waals surface area contributed by atoms with E-state index in [-0.39, 0.29) is 6.54 Å². The Balaban J connectivity index is 1.96. The predicted octanol–water partition coefficient (Wildman–Crippen LogP) is 2.56. The maximum Gasteiger partial charge on any atom is 0.319 e. The molecule has 0 aliphatic carbocycles. The summed E-state index contributed by atoms with van der Waals surface area (Å²) >= 11 is 0. The molecule has 0 aliphatic heterocycles. The van der Waals surface area contributed by atoms with Crippen LogP contribution in [0.5, 0.6) is 11.5 Å². The van der Waals surface area contributed by atoms with Gasteiger partial charge in [-0.05, 0) is 30.3 Å². The van der Waals surface area contributed by atoms with Gasteiger partial charge in [-0.1, -0.05) is 18.2 Å². The van der Waals surface area contributed by atoms with Crippen LogP contribution in [0.3, 0.4) is 0 Å². The van der Waals surface area contributed by atoms with Gasteiger partial charge in [0, 0.05) is 17.8 Å². The Bertz CT molecular complexity index is 646. The monoisotopic (exact) mass is 316 g/mol. The Labute approximate surface area is 135 Å². The number of carbonyl (C=O) groups excluding carboxylic acids is 1. The van der Waals surface area contributed by atoms with Gasteiger partial charge in [-0.25, -0.2) is 4.79 Å². The third-order valence-electron chi connectivity index (χ3n) is 3.28. The van der Waals surface area contributed by atoms with E-state index in [1.165, 1.54) is 7.11 Å². The molecule has 2 aromatic rings. The number of nitrogens with one attached hydrogen (secondary N) is 2. The molecule has 2 amide bonds. The molecule has 6 nitrogen and oxygen atoms in total. The van der Waals surface area contributed by atoms with Crippen molar-refractivity contribution in [3.05, 3.63) is 54.1 Å². The fourth-order valence-corrected chi connectivity index (χ4v) is 2.10. The van der Waals surface area contributed by atoms with Crippen LogP contribution in [0, 0.1) is 0 Å². The summed E-state index contributed by atoms with van der Waals surface area (Å²) in [7, 11) is 3.07. The molecule has 0 spiro atoms. The molecule has 0 saturated heterocycles. The summed E-state index contributed by atoms with van der Waals surface area (Å²) in [4.78, 5) is 11.8. The Morgan fingerprint density at radius 3 is 2.52 bits per heavy atom. The highest BCUT2D eigenvalue weighted by molar-refractivity contribution is 5.89. The molecule has 0 radical (unpaired) electrons. The quantitative estimate of drug-likeness (QED) is 0.765. The number of amides is 2. The number of hydrogen-bond donors (Lipinski definition) is 3. The van der Waals surface area contributed by atoms with E-state index in [4.69, 9.17) is 9.47 Å². The number of ether oxygens (including phenoxy) is 2. The fourth-order valence-electron chi connectivity index (χ4n) is 2.10. The normalized spacial score (nSPS) is 11.4. The molecule has 1 atom stereocenters. The highest BCUT2D eigenvalue weighted by atomic mass is 16.5. The first-order valence-electron chi connectivity index (χ1n) is 7.14. The van der Waals surface area contributed by atoms with Crippen molar-refractivity contribution in [2.24, 2.45) is 0 Å². The van der Waals surface area contributed by atoms with Crippen molar-refractivity contribution >= 4 is 11.7 Å². The Morgan fingerprint density at radius 2 is 1.87 bits per heavy atom. The van der Waals surface area contributed by atoms with Gasteiger partial charge < -0.3 is 25.2 Å². The molecule has 6 heteroatoms. The second-order valence-corrected chi connectivity index (χ2v) is 4.82. The van der Waals surface area contributed by atoms with Crippen LogP contribution in [0.25, 0.3) is 0 Å². The fraction of sp³-hybridized carbons (Fsp3) is 0.235. The Kier molecular flexibility index (Phi) is 5.82. The molecule has 23 heavy (non-hydrogen) atoms. The van der Waals surface area contributed by atoms with Gasteiger partial charge in [0.15, 0.2) is 0 Å².